The average Bonchev–Trinajstić information content (AvgIpc) is 3.17. The highest BCUT2D eigenvalue weighted by molar-refractivity contribution is 5.89. The molecule has 0 saturated carbocycles. The van der Waals surface area contributed by atoms with Crippen LogP contribution in [-0.4, -0.2) is 27.8 Å². The molecular weight excluding hydrogens is 349 g/mol. The molecule has 0 fully saturated rings. The van der Waals surface area contributed by atoms with Gasteiger partial charge in [0.25, 0.3) is 5.56 Å². The molecule has 0 amide bonds. The lowest BCUT2D eigenvalue weighted by Gasteiger charge is -2.03. The maximum atomic E-state index is 13.5. The largest absolute Gasteiger partial charge is 0.465 e. The summed E-state index contributed by atoms with van der Waals surface area (Å²) in [5, 5.41) is 4.87. The van der Waals surface area contributed by atoms with E-state index in [1.54, 1.807) is 47.4 Å². The summed E-state index contributed by atoms with van der Waals surface area (Å²) in [5.41, 5.74) is 2.43. The van der Waals surface area contributed by atoms with Gasteiger partial charge in [0.05, 0.1) is 30.1 Å². The van der Waals surface area contributed by atoms with E-state index >= 15 is 0 Å². The molecule has 0 aliphatic rings. The van der Waals surface area contributed by atoms with E-state index in [9.17, 15) is 14.0 Å². The summed E-state index contributed by atoms with van der Waals surface area (Å²) in [7, 11) is 1.32. The van der Waals surface area contributed by atoms with Crippen molar-refractivity contribution in [2.45, 2.75) is 0 Å². The molecule has 2 heterocycles. The van der Waals surface area contributed by atoms with Gasteiger partial charge in [-0.25, -0.2) is 13.9 Å². The van der Waals surface area contributed by atoms with E-state index in [1.165, 1.54) is 25.3 Å². The third-order valence-electron chi connectivity index (χ3n) is 4.25. The number of carbonyl (C=O) groups is 1. The number of pyridine rings is 1. The number of nitrogens with zero attached hydrogens (tertiary/aromatic N) is 2. The highest BCUT2D eigenvalue weighted by Crippen LogP contribution is 2.21. The molecule has 1 N–H and O–H groups in total. The van der Waals surface area contributed by atoms with Crippen LogP contribution in [0.5, 0.6) is 0 Å². The predicted octanol–water partition coefficient (Wildman–Crippen LogP) is 3.31. The number of ether oxygens (including phenoxy) is 1. The van der Waals surface area contributed by atoms with E-state index < -0.39 is 5.97 Å². The van der Waals surface area contributed by atoms with Crippen LogP contribution < -0.4 is 5.56 Å². The maximum absolute atomic E-state index is 13.5. The highest BCUT2D eigenvalue weighted by atomic mass is 19.1. The zero-order valence-corrected chi connectivity index (χ0v) is 14.3. The molecule has 7 heteroatoms. The molecule has 0 bridgehead atoms. The van der Waals surface area contributed by atoms with Crippen LogP contribution in [0, 0.1) is 5.82 Å². The molecule has 0 aliphatic carbocycles. The van der Waals surface area contributed by atoms with Gasteiger partial charge in [-0.2, -0.15) is 5.10 Å². The van der Waals surface area contributed by atoms with E-state index in [1.807, 2.05) is 0 Å². The smallest absolute Gasteiger partial charge is 0.337 e. The summed E-state index contributed by atoms with van der Waals surface area (Å²) in [6, 6.07) is 12.5. The highest BCUT2D eigenvalue weighted by Gasteiger charge is 2.10. The standard InChI is InChI=1S/C20H14FN3O3/c1-27-20(26)12-2-5-16(6-3-12)24-11-14(10-22-24)17-9-13-8-15(21)4-7-18(13)23-19(17)25/h2-11H,1H3,(H,23,25). The first kappa shape index (κ1) is 16.7. The molecule has 4 aromatic rings. The molecule has 4 rings (SSSR count). The van der Waals surface area contributed by atoms with Crippen LogP contribution in [0.15, 0.2) is 65.7 Å². The lowest BCUT2D eigenvalue weighted by Crippen LogP contribution is -2.08. The van der Waals surface area contributed by atoms with Crippen molar-refractivity contribution >= 4 is 16.9 Å². The van der Waals surface area contributed by atoms with Crippen molar-refractivity contribution < 1.29 is 13.9 Å². The minimum absolute atomic E-state index is 0.283. The van der Waals surface area contributed by atoms with Crippen LogP contribution in [0.3, 0.4) is 0 Å². The van der Waals surface area contributed by atoms with Gasteiger partial charge in [0.1, 0.15) is 5.82 Å². The van der Waals surface area contributed by atoms with Crippen LogP contribution in [0.25, 0.3) is 27.7 Å². The number of H-pyrrole nitrogens is 1. The van der Waals surface area contributed by atoms with Crippen LogP contribution in [-0.2, 0) is 4.74 Å². The SMILES string of the molecule is COC(=O)c1ccc(-n2cc(-c3cc4cc(F)ccc4[nH]c3=O)cn2)cc1. The van der Waals surface area contributed by atoms with Crippen molar-refractivity contribution in [1.29, 1.82) is 0 Å². The Balaban J connectivity index is 1.72. The summed E-state index contributed by atoms with van der Waals surface area (Å²) >= 11 is 0. The van der Waals surface area contributed by atoms with Crippen molar-refractivity contribution in [2.75, 3.05) is 7.11 Å². The molecule has 0 saturated heterocycles. The number of esters is 1. The number of hydrogen-bond donors (Lipinski definition) is 1. The Kier molecular flexibility index (Phi) is 4.04. The number of aromatic nitrogens is 3. The molecular formula is C20H14FN3O3. The van der Waals surface area contributed by atoms with Gasteiger partial charge in [0.15, 0.2) is 0 Å². The second kappa shape index (κ2) is 6.53. The Morgan fingerprint density at radius 3 is 2.67 bits per heavy atom. The van der Waals surface area contributed by atoms with Crippen molar-refractivity contribution in [3.63, 3.8) is 0 Å². The minimum Gasteiger partial charge on any atom is -0.465 e. The summed E-state index contributed by atoms with van der Waals surface area (Å²) in [5.74, 6) is -0.792. The summed E-state index contributed by atoms with van der Waals surface area (Å²) in [6.45, 7) is 0. The van der Waals surface area contributed by atoms with E-state index in [2.05, 4.69) is 14.8 Å². The van der Waals surface area contributed by atoms with E-state index in [0.29, 0.717) is 27.6 Å². The molecule has 134 valence electrons. The minimum atomic E-state index is -0.419. The Morgan fingerprint density at radius 1 is 1.15 bits per heavy atom. The van der Waals surface area contributed by atoms with E-state index in [-0.39, 0.29) is 11.4 Å². The lowest BCUT2D eigenvalue weighted by molar-refractivity contribution is 0.0600. The van der Waals surface area contributed by atoms with Gasteiger partial charge in [-0.15, -0.1) is 0 Å². The van der Waals surface area contributed by atoms with Crippen molar-refractivity contribution in [2.24, 2.45) is 0 Å². The topological polar surface area (TPSA) is 77.0 Å². The fraction of sp³-hybridized carbons (Fsp3) is 0.0500. The lowest BCUT2D eigenvalue weighted by atomic mass is 10.1. The summed E-state index contributed by atoms with van der Waals surface area (Å²) in [4.78, 5) is 26.6. The van der Waals surface area contributed by atoms with Crippen molar-refractivity contribution in [3.05, 3.63) is 82.7 Å². The normalized spacial score (nSPS) is 10.9. The molecule has 0 unspecified atom stereocenters. The Hall–Kier alpha value is -3.74. The van der Waals surface area contributed by atoms with Crippen LogP contribution in [0.1, 0.15) is 10.4 Å². The third kappa shape index (κ3) is 3.10. The number of halogens is 1. The molecule has 0 radical (unpaired) electrons. The molecule has 6 nitrogen and oxygen atoms in total. The van der Waals surface area contributed by atoms with Gasteiger partial charge in [-0.3, -0.25) is 4.79 Å². The van der Waals surface area contributed by atoms with Crippen LogP contribution >= 0.6 is 0 Å². The number of carbonyl (C=O) groups excluding carboxylic acids is 1. The summed E-state index contributed by atoms with van der Waals surface area (Å²) < 4.78 is 19.7. The molecule has 0 spiro atoms. The van der Waals surface area contributed by atoms with Gasteiger partial charge in [-0.1, -0.05) is 0 Å². The van der Waals surface area contributed by atoms with Crippen LogP contribution in [0.2, 0.25) is 0 Å². The number of aromatic amines is 1. The Bertz CT molecular complexity index is 1210. The van der Waals surface area contributed by atoms with Gasteiger partial charge < -0.3 is 9.72 Å². The van der Waals surface area contributed by atoms with Crippen molar-refractivity contribution in [1.82, 2.24) is 14.8 Å². The predicted molar refractivity (Wildman–Crippen MR) is 98.4 cm³/mol. The average molecular weight is 363 g/mol. The zero-order chi connectivity index (χ0) is 19.0. The molecule has 0 atom stereocenters. The number of fused-ring (bicyclic) bond motifs is 1. The first-order valence-electron chi connectivity index (χ1n) is 8.11. The number of hydrogen-bond acceptors (Lipinski definition) is 4. The fourth-order valence-electron chi connectivity index (χ4n) is 2.86. The second-order valence-electron chi connectivity index (χ2n) is 5.96. The molecule has 0 aliphatic heterocycles. The molecule has 2 aromatic carbocycles. The first-order valence-corrected chi connectivity index (χ1v) is 8.11. The molecule has 27 heavy (non-hydrogen) atoms. The number of methoxy groups -OCH3 is 1. The Morgan fingerprint density at radius 2 is 1.93 bits per heavy atom. The second-order valence-corrected chi connectivity index (χ2v) is 5.96. The van der Waals surface area contributed by atoms with Crippen molar-refractivity contribution in [3.8, 4) is 16.8 Å². The number of nitrogens with one attached hydrogen (secondary N) is 1. The van der Waals surface area contributed by atoms with Crippen LogP contribution in [0.4, 0.5) is 4.39 Å². The summed E-state index contributed by atoms with van der Waals surface area (Å²) in [6.07, 6.45) is 3.26. The number of rotatable bonds is 3. The van der Waals surface area contributed by atoms with Gasteiger partial charge in [0, 0.05) is 22.7 Å². The maximum Gasteiger partial charge on any atom is 0.337 e. The Labute approximate surface area is 152 Å². The van der Waals surface area contributed by atoms with Gasteiger partial charge >= 0.3 is 5.97 Å². The zero-order valence-electron chi connectivity index (χ0n) is 14.3. The molecule has 2 aromatic heterocycles. The first-order chi connectivity index (χ1) is 13.0. The van der Waals surface area contributed by atoms with Gasteiger partial charge in [0.2, 0.25) is 0 Å². The van der Waals surface area contributed by atoms with Gasteiger partial charge in [-0.05, 0) is 48.5 Å². The quantitative estimate of drug-likeness (QED) is 0.567. The van der Waals surface area contributed by atoms with E-state index in [0.717, 1.165) is 5.69 Å². The monoisotopic (exact) mass is 363 g/mol. The fourth-order valence-corrected chi connectivity index (χ4v) is 2.86. The third-order valence-corrected chi connectivity index (χ3v) is 4.25. The number of benzene rings is 2. The van der Waals surface area contributed by atoms with E-state index in [4.69, 9.17) is 0 Å².